The Balaban J connectivity index is 1.49. The molecule has 2 fully saturated rings. The van der Waals surface area contributed by atoms with Crippen molar-refractivity contribution in [3.63, 3.8) is 0 Å². The second-order valence-corrected chi connectivity index (χ2v) is 6.63. The highest BCUT2D eigenvalue weighted by Gasteiger charge is 2.54. The molecule has 2 atom stereocenters. The Morgan fingerprint density at radius 2 is 2.23 bits per heavy atom. The van der Waals surface area contributed by atoms with Crippen molar-refractivity contribution in [2.45, 2.75) is 6.42 Å². The second-order valence-electron chi connectivity index (χ2n) is 6.63. The molecular weight excluding hydrogens is 334 g/mol. The Labute approximate surface area is 151 Å². The first-order valence-corrected chi connectivity index (χ1v) is 8.64. The van der Waals surface area contributed by atoms with Crippen molar-refractivity contribution in [3.8, 4) is 11.8 Å². The van der Waals surface area contributed by atoms with Gasteiger partial charge in [0.2, 0.25) is 17.7 Å². The Hall–Kier alpha value is -2.90. The molecule has 2 aromatic heterocycles. The number of amides is 1. The molecule has 136 valence electrons. The van der Waals surface area contributed by atoms with E-state index < -0.39 is 5.41 Å². The third kappa shape index (κ3) is 2.91. The third-order valence-electron chi connectivity index (χ3n) is 5.27. The van der Waals surface area contributed by atoms with Gasteiger partial charge in [0.05, 0.1) is 19.1 Å². The number of hydrogen-bond donors (Lipinski definition) is 1. The van der Waals surface area contributed by atoms with Crippen molar-refractivity contribution in [3.05, 3.63) is 36.8 Å². The summed E-state index contributed by atoms with van der Waals surface area (Å²) in [6, 6.07) is 7.35. The average molecular weight is 355 g/mol. The van der Waals surface area contributed by atoms with Gasteiger partial charge in [0.1, 0.15) is 12.1 Å². The van der Waals surface area contributed by atoms with Crippen LogP contribution < -0.4 is 19.7 Å². The van der Waals surface area contributed by atoms with Crippen LogP contribution in [0, 0.1) is 11.3 Å². The average Bonchev–Trinajstić information content (AvgIpc) is 3.27. The number of carbonyl (C=O) groups excluding carboxylic acids is 1. The minimum absolute atomic E-state index is 0.0886. The first kappa shape index (κ1) is 16.6. The van der Waals surface area contributed by atoms with E-state index in [0.717, 1.165) is 18.8 Å². The van der Waals surface area contributed by atoms with Gasteiger partial charge in [-0.25, -0.2) is 15.0 Å². The number of aromatic nitrogens is 3. The van der Waals surface area contributed by atoms with Crippen molar-refractivity contribution < 1.29 is 14.3 Å². The largest absolute Gasteiger partial charge is 0.481 e. The summed E-state index contributed by atoms with van der Waals surface area (Å²) in [6.07, 6.45) is 3.94. The van der Waals surface area contributed by atoms with Gasteiger partial charge < -0.3 is 19.7 Å². The fourth-order valence-electron chi connectivity index (χ4n) is 3.77. The SMILES string of the molecule is COc1cc(N2CC[C@]3(C2)C(=O)NC[C@@H]3COc2ccccn2)ncn1. The van der Waals surface area contributed by atoms with Gasteiger partial charge >= 0.3 is 0 Å². The molecule has 1 spiro atoms. The van der Waals surface area contributed by atoms with E-state index in [1.165, 1.54) is 6.33 Å². The molecule has 0 aromatic carbocycles. The minimum atomic E-state index is -0.465. The molecule has 1 amide bonds. The second kappa shape index (κ2) is 6.78. The van der Waals surface area contributed by atoms with E-state index in [1.54, 1.807) is 19.4 Å². The number of rotatable bonds is 5. The van der Waals surface area contributed by atoms with Gasteiger partial charge in [-0.1, -0.05) is 6.07 Å². The van der Waals surface area contributed by atoms with Crippen molar-refractivity contribution in [1.82, 2.24) is 20.3 Å². The molecule has 2 aliphatic rings. The molecule has 2 aromatic rings. The molecule has 0 radical (unpaired) electrons. The summed E-state index contributed by atoms with van der Waals surface area (Å²) in [5, 5.41) is 3.01. The van der Waals surface area contributed by atoms with Crippen LogP contribution in [0.15, 0.2) is 36.8 Å². The fourth-order valence-corrected chi connectivity index (χ4v) is 3.77. The maximum atomic E-state index is 12.7. The van der Waals surface area contributed by atoms with Crippen LogP contribution in [0.25, 0.3) is 0 Å². The number of carbonyl (C=O) groups is 1. The quantitative estimate of drug-likeness (QED) is 0.852. The van der Waals surface area contributed by atoms with Crippen LogP contribution in [0.2, 0.25) is 0 Å². The van der Waals surface area contributed by atoms with E-state index >= 15 is 0 Å². The number of anilines is 1. The van der Waals surface area contributed by atoms with Crippen LogP contribution in [0.1, 0.15) is 6.42 Å². The lowest BCUT2D eigenvalue weighted by Gasteiger charge is -2.28. The lowest BCUT2D eigenvalue weighted by Crippen LogP contribution is -2.40. The van der Waals surface area contributed by atoms with Gasteiger partial charge in [0.15, 0.2) is 0 Å². The topological polar surface area (TPSA) is 89.5 Å². The molecular formula is C18H21N5O3. The highest BCUT2D eigenvalue weighted by atomic mass is 16.5. The first-order chi connectivity index (χ1) is 12.7. The van der Waals surface area contributed by atoms with Gasteiger partial charge in [0.25, 0.3) is 0 Å². The van der Waals surface area contributed by atoms with E-state index in [-0.39, 0.29) is 11.8 Å². The summed E-state index contributed by atoms with van der Waals surface area (Å²) >= 11 is 0. The predicted octanol–water partition coefficient (Wildman–Crippen LogP) is 0.902. The molecule has 26 heavy (non-hydrogen) atoms. The molecule has 4 heterocycles. The maximum Gasteiger partial charge on any atom is 0.228 e. The molecule has 2 aliphatic heterocycles. The molecule has 0 saturated carbocycles. The van der Waals surface area contributed by atoms with Gasteiger partial charge in [-0.2, -0.15) is 0 Å². The van der Waals surface area contributed by atoms with E-state index in [0.29, 0.717) is 31.5 Å². The molecule has 2 saturated heterocycles. The van der Waals surface area contributed by atoms with Gasteiger partial charge in [-0.05, 0) is 12.5 Å². The summed E-state index contributed by atoms with van der Waals surface area (Å²) in [6.45, 7) is 2.44. The summed E-state index contributed by atoms with van der Waals surface area (Å²) in [7, 11) is 1.58. The molecule has 1 N–H and O–H groups in total. The Kier molecular flexibility index (Phi) is 4.32. The number of pyridine rings is 1. The lowest BCUT2D eigenvalue weighted by molar-refractivity contribution is -0.128. The number of ether oxygens (including phenoxy) is 2. The molecule has 0 aliphatic carbocycles. The number of hydrogen-bond acceptors (Lipinski definition) is 7. The first-order valence-electron chi connectivity index (χ1n) is 8.64. The highest BCUT2D eigenvalue weighted by molar-refractivity contribution is 5.86. The summed E-state index contributed by atoms with van der Waals surface area (Å²) in [5.74, 6) is 2.05. The molecule has 8 nitrogen and oxygen atoms in total. The van der Waals surface area contributed by atoms with Crippen LogP contribution in [0.3, 0.4) is 0 Å². The van der Waals surface area contributed by atoms with Crippen LogP contribution >= 0.6 is 0 Å². The number of nitrogens with one attached hydrogen (secondary N) is 1. The van der Waals surface area contributed by atoms with Gasteiger partial charge in [-0.15, -0.1) is 0 Å². The van der Waals surface area contributed by atoms with Gasteiger partial charge in [-0.3, -0.25) is 4.79 Å². The summed E-state index contributed by atoms with van der Waals surface area (Å²) < 4.78 is 11.0. The van der Waals surface area contributed by atoms with Crippen LogP contribution in [0.4, 0.5) is 5.82 Å². The van der Waals surface area contributed by atoms with E-state index in [4.69, 9.17) is 9.47 Å². The zero-order chi connectivity index (χ0) is 18.0. The number of methoxy groups -OCH3 is 1. The van der Waals surface area contributed by atoms with Gasteiger partial charge in [0, 0.05) is 43.9 Å². The Bertz CT molecular complexity index is 787. The lowest BCUT2D eigenvalue weighted by atomic mass is 9.77. The summed E-state index contributed by atoms with van der Waals surface area (Å²) in [4.78, 5) is 27.3. The van der Waals surface area contributed by atoms with Crippen LogP contribution in [-0.4, -0.2) is 54.2 Å². The zero-order valence-corrected chi connectivity index (χ0v) is 14.6. The maximum absolute atomic E-state index is 12.7. The van der Waals surface area contributed by atoms with E-state index in [1.807, 2.05) is 18.2 Å². The molecule has 8 heteroatoms. The molecule has 0 unspecified atom stereocenters. The monoisotopic (exact) mass is 355 g/mol. The smallest absolute Gasteiger partial charge is 0.228 e. The molecule has 0 bridgehead atoms. The highest BCUT2D eigenvalue weighted by Crippen LogP contribution is 2.43. The van der Waals surface area contributed by atoms with Crippen LogP contribution in [0.5, 0.6) is 11.8 Å². The molecule has 4 rings (SSSR count). The van der Waals surface area contributed by atoms with Crippen molar-refractivity contribution in [2.75, 3.05) is 38.3 Å². The normalized spacial score (nSPS) is 24.7. The van der Waals surface area contributed by atoms with Crippen LogP contribution in [-0.2, 0) is 4.79 Å². The third-order valence-corrected chi connectivity index (χ3v) is 5.27. The van der Waals surface area contributed by atoms with Crippen molar-refractivity contribution >= 4 is 11.7 Å². The fraction of sp³-hybridized carbons (Fsp3) is 0.444. The standard InChI is InChI=1S/C18H21N5O3/c1-25-16-8-14(21-12-22-16)23-7-5-18(11-23)13(9-20-17(18)24)10-26-15-4-2-3-6-19-15/h2-4,6,8,12-13H,5,7,9-11H2,1H3,(H,20,24)/t13-,18-/m1/s1. The Morgan fingerprint density at radius 3 is 3.04 bits per heavy atom. The zero-order valence-electron chi connectivity index (χ0n) is 14.6. The van der Waals surface area contributed by atoms with E-state index in [9.17, 15) is 4.79 Å². The Morgan fingerprint density at radius 1 is 1.31 bits per heavy atom. The summed E-state index contributed by atoms with van der Waals surface area (Å²) in [5.41, 5.74) is -0.465. The van der Waals surface area contributed by atoms with Crippen molar-refractivity contribution in [2.24, 2.45) is 11.3 Å². The minimum Gasteiger partial charge on any atom is -0.481 e. The number of nitrogens with zero attached hydrogens (tertiary/aromatic N) is 4. The van der Waals surface area contributed by atoms with E-state index in [2.05, 4.69) is 25.2 Å². The van der Waals surface area contributed by atoms with Crippen molar-refractivity contribution in [1.29, 1.82) is 0 Å². The predicted molar refractivity (Wildman–Crippen MR) is 94.1 cm³/mol.